The van der Waals surface area contributed by atoms with E-state index in [1.165, 1.54) is 13.0 Å². The number of benzene rings is 1. The van der Waals surface area contributed by atoms with Gasteiger partial charge < -0.3 is 9.47 Å². The van der Waals surface area contributed by atoms with E-state index in [0.717, 1.165) is 0 Å². The minimum Gasteiger partial charge on any atom is -0.462 e. The van der Waals surface area contributed by atoms with Gasteiger partial charge in [0.25, 0.3) is 5.69 Å². The van der Waals surface area contributed by atoms with Crippen molar-refractivity contribution in [1.29, 1.82) is 5.26 Å². The van der Waals surface area contributed by atoms with Crippen LogP contribution in [0.3, 0.4) is 0 Å². The van der Waals surface area contributed by atoms with Crippen molar-refractivity contribution in [3.05, 3.63) is 33.4 Å². The first kappa shape index (κ1) is 16.2. The summed E-state index contributed by atoms with van der Waals surface area (Å²) in [7, 11) is 0. The molecule has 0 radical (unpaired) electrons. The fraction of sp³-hybridized carbons (Fsp3) is 0.273. The molecule has 1 aromatic rings. The van der Waals surface area contributed by atoms with E-state index >= 15 is 0 Å². The van der Waals surface area contributed by atoms with Crippen LogP contribution in [0, 0.1) is 21.4 Å². The van der Waals surface area contributed by atoms with E-state index in [0.29, 0.717) is 12.1 Å². The van der Waals surface area contributed by atoms with Crippen LogP contribution < -0.4 is 4.74 Å². The quantitative estimate of drug-likeness (QED) is 0.481. The Morgan fingerprint density at radius 1 is 1.48 bits per heavy atom. The van der Waals surface area contributed by atoms with Gasteiger partial charge in [-0.15, -0.1) is 13.2 Å². The molecule has 0 bridgehead atoms. The minimum absolute atomic E-state index is 0.197. The number of nitro benzene ring substituents is 1. The number of nitro groups is 1. The van der Waals surface area contributed by atoms with Gasteiger partial charge in [0.05, 0.1) is 11.5 Å². The topological polar surface area (TPSA) is 102 Å². The Morgan fingerprint density at radius 2 is 2.10 bits per heavy atom. The predicted octanol–water partition coefficient (Wildman–Crippen LogP) is 2.54. The summed E-state index contributed by atoms with van der Waals surface area (Å²) in [5.74, 6) is -2.36. The fourth-order valence-electron chi connectivity index (χ4n) is 1.45. The van der Waals surface area contributed by atoms with Crippen LogP contribution in [0.15, 0.2) is 12.1 Å². The summed E-state index contributed by atoms with van der Waals surface area (Å²) in [4.78, 5) is 21.4. The van der Waals surface area contributed by atoms with Gasteiger partial charge in [0.1, 0.15) is 22.9 Å². The molecule has 0 saturated heterocycles. The van der Waals surface area contributed by atoms with Gasteiger partial charge in [0, 0.05) is 6.07 Å². The zero-order valence-electron chi connectivity index (χ0n) is 10.4. The predicted molar refractivity (Wildman–Crippen MR) is 60.5 cm³/mol. The summed E-state index contributed by atoms with van der Waals surface area (Å²) in [5, 5.41) is 19.6. The van der Waals surface area contributed by atoms with Crippen LogP contribution in [0.5, 0.6) is 5.75 Å². The normalized spacial score (nSPS) is 10.6. The molecule has 0 spiro atoms. The zero-order chi connectivity index (χ0) is 16.2. The van der Waals surface area contributed by atoms with E-state index in [9.17, 15) is 28.1 Å². The van der Waals surface area contributed by atoms with Crippen LogP contribution in [0.1, 0.15) is 22.8 Å². The van der Waals surface area contributed by atoms with Gasteiger partial charge in [-0.25, -0.2) is 4.79 Å². The zero-order valence-corrected chi connectivity index (χ0v) is 10.4. The molecule has 1 rings (SSSR count). The highest BCUT2D eigenvalue weighted by atomic mass is 19.4. The second-order valence-electron chi connectivity index (χ2n) is 3.47. The number of nitrogens with zero attached hydrogens (tertiary/aromatic N) is 2. The lowest BCUT2D eigenvalue weighted by Crippen LogP contribution is -2.20. The van der Waals surface area contributed by atoms with Crippen molar-refractivity contribution in [2.45, 2.75) is 13.3 Å². The largest absolute Gasteiger partial charge is 0.573 e. The first-order valence-corrected chi connectivity index (χ1v) is 5.35. The standard InChI is InChI=1S/C11H7F3N2O5/c1-2-20-10(17)9-6(5-15)7(16(18)19)3-4-8(9)21-11(12,13)14/h3-4H,2H2,1H3. The molecule has 0 amide bonds. The number of hydrogen-bond donors (Lipinski definition) is 0. The molecule has 0 aromatic heterocycles. The molecule has 1 aromatic carbocycles. The number of nitriles is 1. The number of ether oxygens (including phenoxy) is 2. The van der Waals surface area contributed by atoms with Gasteiger partial charge in [-0.05, 0) is 13.0 Å². The fourth-order valence-corrected chi connectivity index (χ4v) is 1.45. The molecule has 0 atom stereocenters. The molecule has 0 aliphatic heterocycles. The Bertz CT molecular complexity index is 622. The van der Waals surface area contributed by atoms with Gasteiger partial charge in [-0.1, -0.05) is 0 Å². The second-order valence-corrected chi connectivity index (χ2v) is 3.47. The lowest BCUT2D eigenvalue weighted by atomic mass is 10.1. The first-order chi connectivity index (χ1) is 9.71. The van der Waals surface area contributed by atoms with E-state index in [1.807, 2.05) is 0 Å². The molecule has 0 aliphatic rings. The van der Waals surface area contributed by atoms with E-state index in [2.05, 4.69) is 9.47 Å². The average molecular weight is 304 g/mol. The van der Waals surface area contributed by atoms with Gasteiger partial charge in [0.2, 0.25) is 0 Å². The Hall–Kier alpha value is -2.83. The van der Waals surface area contributed by atoms with Gasteiger partial charge in [-0.2, -0.15) is 5.26 Å². The number of carbonyl (C=O) groups is 1. The van der Waals surface area contributed by atoms with E-state index < -0.39 is 39.8 Å². The summed E-state index contributed by atoms with van der Waals surface area (Å²) in [5.41, 5.74) is -2.62. The number of alkyl halides is 3. The highest BCUT2D eigenvalue weighted by molar-refractivity contribution is 5.96. The van der Waals surface area contributed by atoms with Crippen molar-refractivity contribution in [2.24, 2.45) is 0 Å². The van der Waals surface area contributed by atoms with Crippen molar-refractivity contribution in [1.82, 2.24) is 0 Å². The number of esters is 1. The maximum atomic E-state index is 12.3. The third-order valence-electron chi connectivity index (χ3n) is 2.16. The monoisotopic (exact) mass is 304 g/mol. The summed E-state index contributed by atoms with van der Waals surface area (Å²) in [6, 6.07) is 2.54. The van der Waals surface area contributed by atoms with Crippen LogP contribution in [-0.4, -0.2) is 23.9 Å². The molecule has 112 valence electrons. The van der Waals surface area contributed by atoms with Crippen molar-refractivity contribution in [3.8, 4) is 11.8 Å². The molecule has 0 N–H and O–H groups in total. The second kappa shape index (κ2) is 6.08. The summed E-state index contributed by atoms with van der Waals surface area (Å²) in [6.45, 7) is 1.18. The summed E-state index contributed by atoms with van der Waals surface area (Å²) < 4.78 is 44.9. The number of hydrogen-bond acceptors (Lipinski definition) is 6. The van der Waals surface area contributed by atoms with E-state index in [-0.39, 0.29) is 6.61 Å². The van der Waals surface area contributed by atoms with Gasteiger partial charge in [0.15, 0.2) is 0 Å². The van der Waals surface area contributed by atoms with Crippen LogP contribution >= 0.6 is 0 Å². The van der Waals surface area contributed by atoms with Crippen molar-refractivity contribution >= 4 is 11.7 Å². The molecule has 10 heteroatoms. The van der Waals surface area contributed by atoms with E-state index in [4.69, 9.17) is 5.26 Å². The third-order valence-corrected chi connectivity index (χ3v) is 2.16. The third kappa shape index (κ3) is 3.82. The molecular formula is C11H7F3N2O5. The molecule has 21 heavy (non-hydrogen) atoms. The maximum absolute atomic E-state index is 12.3. The van der Waals surface area contributed by atoms with Crippen LogP contribution in [0.25, 0.3) is 0 Å². The molecule has 0 fully saturated rings. The highest BCUT2D eigenvalue weighted by Gasteiger charge is 2.36. The van der Waals surface area contributed by atoms with Crippen molar-refractivity contribution in [3.63, 3.8) is 0 Å². The lowest BCUT2D eigenvalue weighted by molar-refractivity contribution is -0.385. The number of halogens is 3. The Balaban J connectivity index is 3.56. The average Bonchev–Trinajstić information content (AvgIpc) is 2.35. The summed E-state index contributed by atoms with van der Waals surface area (Å²) in [6.07, 6.45) is -5.13. The molecule has 0 saturated carbocycles. The van der Waals surface area contributed by atoms with Crippen LogP contribution in [0.2, 0.25) is 0 Å². The molecular weight excluding hydrogens is 297 g/mol. The minimum atomic E-state index is -5.13. The maximum Gasteiger partial charge on any atom is 0.573 e. The molecule has 0 unspecified atom stereocenters. The van der Waals surface area contributed by atoms with Gasteiger partial charge in [-0.3, -0.25) is 10.1 Å². The lowest BCUT2D eigenvalue weighted by Gasteiger charge is -2.13. The van der Waals surface area contributed by atoms with Crippen molar-refractivity contribution < 1.29 is 32.4 Å². The first-order valence-electron chi connectivity index (χ1n) is 5.35. The molecule has 7 nitrogen and oxygen atoms in total. The number of rotatable bonds is 4. The molecule has 0 heterocycles. The van der Waals surface area contributed by atoms with E-state index in [1.54, 1.807) is 0 Å². The van der Waals surface area contributed by atoms with Crippen molar-refractivity contribution in [2.75, 3.05) is 6.61 Å². The highest BCUT2D eigenvalue weighted by Crippen LogP contribution is 2.33. The van der Waals surface area contributed by atoms with Crippen LogP contribution in [-0.2, 0) is 4.74 Å². The van der Waals surface area contributed by atoms with Crippen LogP contribution in [0.4, 0.5) is 18.9 Å². The van der Waals surface area contributed by atoms with Gasteiger partial charge >= 0.3 is 12.3 Å². The summed E-state index contributed by atoms with van der Waals surface area (Å²) >= 11 is 0. The smallest absolute Gasteiger partial charge is 0.462 e. The Morgan fingerprint density at radius 3 is 2.52 bits per heavy atom. The Labute approximate surface area is 115 Å². The molecule has 0 aliphatic carbocycles. The Kier molecular flexibility index (Phi) is 4.70. The number of carbonyl (C=O) groups excluding carboxylic acids is 1. The SMILES string of the molecule is CCOC(=O)c1c(OC(F)(F)F)ccc([N+](=O)[O-])c1C#N.